The molecule has 0 saturated carbocycles. The predicted molar refractivity (Wildman–Crippen MR) is 53.7 cm³/mol. The second-order valence-corrected chi connectivity index (χ2v) is 4.74. The molecule has 0 spiro atoms. The summed E-state index contributed by atoms with van der Waals surface area (Å²) < 4.78 is 0.900. The molecule has 1 rings (SSSR count). The number of thioether (sulfide) groups is 1. The highest BCUT2D eigenvalue weighted by Crippen LogP contribution is 2.22. The van der Waals surface area contributed by atoms with E-state index >= 15 is 0 Å². The van der Waals surface area contributed by atoms with Crippen LogP contribution < -0.4 is 5.32 Å². The van der Waals surface area contributed by atoms with Gasteiger partial charge in [0.25, 0.3) is 0 Å². The van der Waals surface area contributed by atoms with Crippen molar-refractivity contribution in [1.82, 2.24) is 15.5 Å². The molecule has 0 bridgehead atoms. The molecule has 0 radical (unpaired) electrons. The van der Waals surface area contributed by atoms with Crippen molar-refractivity contribution in [1.29, 1.82) is 5.26 Å². The Morgan fingerprint density at radius 3 is 3.08 bits per heavy atom. The van der Waals surface area contributed by atoms with Crippen molar-refractivity contribution in [3.63, 3.8) is 0 Å². The van der Waals surface area contributed by atoms with Crippen molar-refractivity contribution < 1.29 is 0 Å². The lowest BCUT2D eigenvalue weighted by Crippen LogP contribution is -2.40. The van der Waals surface area contributed by atoms with E-state index in [2.05, 4.69) is 21.6 Å². The molecule has 1 unspecified atom stereocenters. The number of hydrogen-bond acceptors (Lipinski definition) is 6. The Morgan fingerprint density at radius 2 is 2.62 bits per heavy atom. The summed E-state index contributed by atoms with van der Waals surface area (Å²) in [6, 6.07) is 2.22. The van der Waals surface area contributed by atoms with Gasteiger partial charge in [0.15, 0.2) is 4.34 Å². The van der Waals surface area contributed by atoms with Crippen LogP contribution in [0.1, 0.15) is 6.92 Å². The van der Waals surface area contributed by atoms with Gasteiger partial charge in [-0.25, -0.2) is 0 Å². The molecule has 1 aromatic rings. The number of rotatable bonds is 4. The third kappa shape index (κ3) is 2.95. The van der Waals surface area contributed by atoms with Crippen LogP contribution in [0, 0.1) is 11.3 Å². The highest BCUT2D eigenvalue weighted by molar-refractivity contribution is 8.01. The molecule has 1 N–H and O–H groups in total. The predicted octanol–water partition coefficient (Wildman–Crippen LogP) is 1.13. The van der Waals surface area contributed by atoms with Crippen LogP contribution >= 0.6 is 23.1 Å². The molecule has 0 fully saturated rings. The highest BCUT2D eigenvalue weighted by atomic mass is 32.2. The van der Waals surface area contributed by atoms with E-state index in [4.69, 9.17) is 5.26 Å². The fourth-order valence-electron chi connectivity index (χ4n) is 0.592. The number of hydrogen-bond donors (Lipinski definition) is 1. The second kappa shape index (κ2) is 4.56. The molecular formula is C7H10N4S2. The summed E-state index contributed by atoms with van der Waals surface area (Å²) in [6.45, 7) is 1.86. The summed E-state index contributed by atoms with van der Waals surface area (Å²) in [5, 5.41) is 19.4. The van der Waals surface area contributed by atoms with Crippen LogP contribution in [0.5, 0.6) is 0 Å². The summed E-state index contributed by atoms with van der Waals surface area (Å²) in [5.74, 6) is 0.676. The van der Waals surface area contributed by atoms with Crippen molar-refractivity contribution in [3.05, 3.63) is 5.51 Å². The molecule has 0 aliphatic carbocycles. The van der Waals surface area contributed by atoms with Gasteiger partial charge in [0.05, 0.1) is 6.07 Å². The molecule has 4 nitrogen and oxygen atoms in total. The summed E-state index contributed by atoms with van der Waals surface area (Å²) in [6.07, 6.45) is 0. The van der Waals surface area contributed by atoms with Crippen LogP contribution in [0.4, 0.5) is 0 Å². The molecule has 0 saturated heterocycles. The largest absolute Gasteiger partial charge is 0.302 e. The molecule has 13 heavy (non-hydrogen) atoms. The van der Waals surface area contributed by atoms with Gasteiger partial charge in [0.2, 0.25) is 0 Å². The van der Waals surface area contributed by atoms with Crippen molar-refractivity contribution in [2.75, 3.05) is 12.8 Å². The number of aromatic nitrogens is 2. The van der Waals surface area contributed by atoms with E-state index in [1.807, 2.05) is 6.92 Å². The Bertz CT molecular complexity index is 292. The maximum atomic E-state index is 8.86. The highest BCUT2D eigenvalue weighted by Gasteiger charge is 2.21. The Balaban J connectivity index is 2.47. The van der Waals surface area contributed by atoms with Crippen molar-refractivity contribution in [2.24, 2.45) is 0 Å². The normalized spacial score (nSPS) is 14.8. The molecule has 6 heteroatoms. The third-order valence-corrected chi connectivity index (χ3v) is 3.80. The van der Waals surface area contributed by atoms with Gasteiger partial charge in [-0.3, -0.25) is 0 Å². The van der Waals surface area contributed by atoms with E-state index in [1.54, 1.807) is 24.3 Å². The Morgan fingerprint density at radius 1 is 1.85 bits per heavy atom. The zero-order valence-electron chi connectivity index (χ0n) is 7.44. The van der Waals surface area contributed by atoms with E-state index in [9.17, 15) is 0 Å². The van der Waals surface area contributed by atoms with Crippen LogP contribution in [0.2, 0.25) is 0 Å². The fraction of sp³-hybridized carbons (Fsp3) is 0.571. The van der Waals surface area contributed by atoms with E-state index < -0.39 is 5.54 Å². The maximum absolute atomic E-state index is 8.86. The molecule has 1 aromatic heterocycles. The lowest BCUT2D eigenvalue weighted by atomic mass is 10.1. The van der Waals surface area contributed by atoms with Gasteiger partial charge in [-0.15, -0.1) is 10.2 Å². The third-order valence-electron chi connectivity index (χ3n) is 1.62. The zero-order chi connectivity index (χ0) is 9.73. The molecule has 0 aliphatic heterocycles. The SMILES string of the molecule is CNC(C)(C#N)CSc1nncs1. The minimum absolute atomic E-state index is 0.490. The summed E-state index contributed by atoms with van der Waals surface area (Å²) in [5.41, 5.74) is 1.20. The zero-order valence-corrected chi connectivity index (χ0v) is 9.08. The van der Waals surface area contributed by atoms with Crippen LogP contribution in [0.25, 0.3) is 0 Å². The standard InChI is InChI=1S/C7H10N4S2/c1-7(3-8,9-2)4-12-6-11-10-5-13-6/h5,9H,4H2,1-2H3. The van der Waals surface area contributed by atoms with Gasteiger partial charge in [-0.2, -0.15) is 5.26 Å². The first-order valence-corrected chi connectivity index (χ1v) is 5.56. The second-order valence-electron chi connectivity index (χ2n) is 2.69. The number of nitriles is 1. The van der Waals surface area contributed by atoms with E-state index in [-0.39, 0.29) is 0 Å². The van der Waals surface area contributed by atoms with E-state index in [0.717, 1.165) is 4.34 Å². The van der Waals surface area contributed by atoms with Gasteiger partial charge in [-0.1, -0.05) is 23.1 Å². The summed E-state index contributed by atoms with van der Waals surface area (Å²) in [7, 11) is 1.78. The summed E-state index contributed by atoms with van der Waals surface area (Å²) >= 11 is 3.03. The molecule has 0 amide bonds. The Kier molecular flexibility index (Phi) is 3.66. The molecular weight excluding hydrogens is 204 g/mol. The molecule has 0 aliphatic rings. The van der Waals surface area contributed by atoms with Crippen molar-refractivity contribution in [2.45, 2.75) is 16.8 Å². The lowest BCUT2D eigenvalue weighted by molar-refractivity contribution is 0.550. The van der Waals surface area contributed by atoms with Crippen molar-refractivity contribution in [3.8, 4) is 6.07 Å². The minimum Gasteiger partial charge on any atom is -0.302 e. The first kappa shape index (κ1) is 10.4. The lowest BCUT2D eigenvalue weighted by Gasteiger charge is -2.18. The van der Waals surface area contributed by atoms with Crippen molar-refractivity contribution >= 4 is 23.1 Å². The van der Waals surface area contributed by atoms with Gasteiger partial charge >= 0.3 is 0 Å². The van der Waals surface area contributed by atoms with E-state index in [0.29, 0.717) is 5.75 Å². The van der Waals surface area contributed by atoms with Gasteiger partial charge in [-0.05, 0) is 14.0 Å². The topological polar surface area (TPSA) is 61.6 Å². The van der Waals surface area contributed by atoms with E-state index in [1.165, 1.54) is 11.3 Å². The Hall–Kier alpha value is -0.640. The van der Waals surface area contributed by atoms with Gasteiger partial charge < -0.3 is 5.32 Å². The smallest absolute Gasteiger partial charge is 0.174 e. The first-order chi connectivity index (χ1) is 6.20. The molecule has 70 valence electrons. The average molecular weight is 214 g/mol. The minimum atomic E-state index is -0.490. The first-order valence-electron chi connectivity index (χ1n) is 3.69. The van der Waals surface area contributed by atoms with Crippen LogP contribution in [0.15, 0.2) is 9.85 Å². The fourth-order valence-corrected chi connectivity index (χ4v) is 2.17. The molecule has 1 atom stereocenters. The number of nitrogens with zero attached hydrogens (tertiary/aromatic N) is 3. The average Bonchev–Trinajstić information content (AvgIpc) is 2.67. The quantitative estimate of drug-likeness (QED) is 0.761. The molecule has 0 aromatic carbocycles. The monoisotopic (exact) mass is 214 g/mol. The van der Waals surface area contributed by atoms with Crippen LogP contribution in [0.3, 0.4) is 0 Å². The molecule has 1 heterocycles. The van der Waals surface area contributed by atoms with Gasteiger partial charge in [0, 0.05) is 5.75 Å². The number of nitrogens with one attached hydrogen (secondary N) is 1. The van der Waals surface area contributed by atoms with Gasteiger partial charge in [0.1, 0.15) is 11.0 Å². The van der Waals surface area contributed by atoms with Crippen LogP contribution in [-0.2, 0) is 0 Å². The Labute approximate surface area is 85.4 Å². The summed E-state index contributed by atoms with van der Waals surface area (Å²) in [4.78, 5) is 0. The maximum Gasteiger partial charge on any atom is 0.174 e. The van der Waals surface area contributed by atoms with Crippen LogP contribution in [-0.4, -0.2) is 28.5 Å².